The van der Waals surface area contributed by atoms with Crippen molar-refractivity contribution in [3.63, 3.8) is 0 Å². The number of hydrogen-bond donors (Lipinski definition) is 1. The lowest BCUT2D eigenvalue weighted by molar-refractivity contribution is 0.271. The lowest BCUT2D eigenvalue weighted by atomic mass is 10.0. The summed E-state index contributed by atoms with van der Waals surface area (Å²) in [4.78, 5) is 6.80. The minimum absolute atomic E-state index is 0.0156. The van der Waals surface area contributed by atoms with Crippen LogP contribution in [0.1, 0.15) is 43.3 Å². The molecule has 2 aromatic heterocycles. The molecule has 3 aromatic rings. The van der Waals surface area contributed by atoms with E-state index in [0.29, 0.717) is 0 Å². The molecule has 0 unspecified atom stereocenters. The Morgan fingerprint density at radius 1 is 1.14 bits per heavy atom. The Morgan fingerprint density at radius 3 is 2.68 bits per heavy atom. The number of furan rings is 1. The van der Waals surface area contributed by atoms with Crippen LogP contribution in [0, 0.1) is 0 Å². The molecule has 0 spiro atoms. The van der Waals surface area contributed by atoms with Gasteiger partial charge in [-0.1, -0.05) is 47.5 Å². The zero-order chi connectivity index (χ0) is 19.5. The van der Waals surface area contributed by atoms with E-state index in [-0.39, 0.29) is 12.1 Å². The minimum atomic E-state index is -0.0329. The van der Waals surface area contributed by atoms with Gasteiger partial charge in [-0.25, -0.2) is 0 Å². The Balaban J connectivity index is 1.70. The minimum Gasteiger partial charge on any atom is -0.459 e. The summed E-state index contributed by atoms with van der Waals surface area (Å²) in [5.74, 6) is 1.76. The van der Waals surface area contributed by atoms with Gasteiger partial charge in [0.05, 0.1) is 11.7 Å². The van der Waals surface area contributed by atoms with Gasteiger partial charge in [0.2, 0.25) is 0 Å². The van der Waals surface area contributed by atoms with Crippen molar-refractivity contribution in [2.75, 3.05) is 6.54 Å². The molecule has 1 aliphatic heterocycles. The second-order valence-corrected chi connectivity index (χ2v) is 8.18. The fraction of sp³-hybridized carbons (Fsp3) is 0.273. The molecule has 6 heteroatoms. The number of nitrogens with one attached hydrogen (secondary N) is 1. The molecule has 1 N–H and O–H groups in total. The summed E-state index contributed by atoms with van der Waals surface area (Å²) in [6.07, 6.45) is 4.01. The largest absolute Gasteiger partial charge is 0.459 e. The third-order valence-corrected chi connectivity index (χ3v) is 5.88. The van der Waals surface area contributed by atoms with Gasteiger partial charge in [-0.3, -0.25) is 4.98 Å². The number of benzene rings is 1. The van der Waals surface area contributed by atoms with Crippen molar-refractivity contribution < 1.29 is 4.42 Å². The summed E-state index contributed by atoms with van der Waals surface area (Å²) in [5.41, 5.74) is 2.02. The highest BCUT2D eigenvalue weighted by Crippen LogP contribution is 2.40. The molecule has 0 saturated carbocycles. The normalized spacial score (nSPS) is 19.1. The fourth-order valence-corrected chi connectivity index (χ4v) is 4.16. The molecule has 0 bridgehead atoms. The molecule has 0 amide bonds. The predicted octanol–water partition coefficient (Wildman–Crippen LogP) is 5.88. The Morgan fingerprint density at radius 2 is 1.96 bits per heavy atom. The van der Waals surface area contributed by atoms with Crippen molar-refractivity contribution >= 4 is 33.3 Å². The molecule has 4 rings (SSSR count). The van der Waals surface area contributed by atoms with E-state index >= 15 is 0 Å². The lowest BCUT2D eigenvalue weighted by Crippen LogP contribution is -2.30. The number of pyridine rings is 1. The number of thiocarbonyl (C=S) groups is 1. The third-order valence-electron chi connectivity index (χ3n) is 5.00. The van der Waals surface area contributed by atoms with Crippen molar-refractivity contribution in [2.45, 2.75) is 31.8 Å². The SMILES string of the molecule is CCCCN1C(=S)N[C@@H](c2ccccn2)[C@H]1c1ccc(-c2ccc(Br)cc2)o1. The van der Waals surface area contributed by atoms with Crippen LogP contribution in [-0.4, -0.2) is 21.5 Å². The van der Waals surface area contributed by atoms with Crippen LogP contribution in [0.15, 0.2) is 69.7 Å². The first-order chi connectivity index (χ1) is 13.7. The lowest BCUT2D eigenvalue weighted by Gasteiger charge is -2.25. The quantitative estimate of drug-likeness (QED) is 0.470. The maximum absolute atomic E-state index is 6.32. The topological polar surface area (TPSA) is 41.3 Å². The standard InChI is InChI=1S/C22H22BrN3OS/c1-2-3-14-26-21(20(25-22(26)28)17-6-4-5-13-24-17)19-12-11-18(27-19)15-7-9-16(23)10-8-15/h4-13,20-21H,2-3,14H2,1H3,(H,25,28)/t20-,21+/m0/s1. The van der Waals surface area contributed by atoms with Crippen LogP contribution in [-0.2, 0) is 0 Å². The number of unbranched alkanes of at least 4 members (excludes halogenated alkanes) is 1. The molecule has 0 radical (unpaired) electrons. The number of halogens is 1. The summed E-state index contributed by atoms with van der Waals surface area (Å²) in [7, 11) is 0. The molecule has 1 saturated heterocycles. The van der Waals surface area contributed by atoms with Crippen LogP contribution in [0.4, 0.5) is 0 Å². The predicted molar refractivity (Wildman–Crippen MR) is 119 cm³/mol. The first kappa shape index (κ1) is 19.2. The van der Waals surface area contributed by atoms with Crippen molar-refractivity contribution in [3.8, 4) is 11.3 Å². The smallest absolute Gasteiger partial charge is 0.170 e. The second kappa shape index (κ2) is 8.45. The van der Waals surface area contributed by atoms with Crippen molar-refractivity contribution in [2.24, 2.45) is 0 Å². The van der Waals surface area contributed by atoms with Gasteiger partial charge in [-0.05, 0) is 55.0 Å². The number of hydrogen-bond acceptors (Lipinski definition) is 3. The first-order valence-corrected chi connectivity index (χ1v) is 10.7. The van der Waals surface area contributed by atoms with Crippen LogP contribution in [0.3, 0.4) is 0 Å². The van der Waals surface area contributed by atoms with Gasteiger partial charge >= 0.3 is 0 Å². The number of aromatic nitrogens is 1. The van der Waals surface area contributed by atoms with E-state index in [1.54, 1.807) is 0 Å². The van der Waals surface area contributed by atoms with E-state index in [4.69, 9.17) is 16.6 Å². The fourth-order valence-electron chi connectivity index (χ4n) is 3.56. The second-order valence-electron chi connectivity index (χ2n) is 6.88. The van der Waals surface area contributed by atoms with Crippen molar-refractivity contribution in [1.29, 1.82) is 0 Å². The molecular weight excluding hydrogens is 434 g/mol. The van der Waals surface area contributed by atoms with Crippen LogP contribution in [0.2, 0.25) is 0 Å². The highest BCUT2D eigenvalue weighted by Gasteiger charge is 2.41. The molecule has 4 nitrogen and oxygen atoms in total. The van der Waals surface area contributed by atoms with Gasteiger partial charge < -0.3 is 14.6 Å². The van der Waals surface area contributed by atoms with E-state index in [1.165, 1.54) is 0 Å². The maximum atomic E-state index is 6.32. The van der Waals surface area contributed by atoms with Gasteiger partial charge in [-0.15, -0.1) is 0 Å². The van der Waals surface area contributed by atoms with Gasteiger partial charge in [0.15, 0.2) is 5.11 Å². The Hall–Kier alpha value is -2.18. The Labute approximate surface area is 179 Å². The summed E-state index contributed by atoms with van der Waals surface area (Å²) < 4.78 is 7.37. The summed E-state index contributed by atoms with van der Waals surface area (Å²) in [6, 6.07) is 18.2. The van der Waals surface area contributed by atoms with Crippen LogP contribution in [0.5, 0.6) is 0 Å². The van der Waals surface area contributed by atoms with E-state index in [1.807, 2.05) is 42.6 Å². The summed E-state index contributed by atoms with van der Waals surface area (Å²) in [6.45, 7) is 3.08. The molecule has 1 aromatic carbocycles. The zero-order valence-corrected chi connectivity index (χ0v) is 18.0. The molecule has 0 aliphatic carbocycles. The summed E-state index contributed by atoms with van der Waals surface area (Å²) in [5, 5.41) is 4.22. The average molecular weight is 456 g/mol. The highest BCUT2D eigenvalue weighted by molar-refractivity contribution is 9.10. The van der Waals surface area contributed by atoms with Gasteiger partial charge in [0.1, 0.15) is 17.6 Å². The Kier molecular flexibility index (Phi) is 5.78. The molecule has 2 atom stereocenters. The van der Waals surface area contributed by atoms with Crippen LogP contribution < -0.4 is 5.32 Å². The molecule has 1 fully saturated rings. The summed E-state index contributed by atoms with van der Waals surface area (Å²) >= 11 is 9.15. The van der Waals surface area contributed by atoms with Gasteiger partial charge in [-0.2, -0.15) is 0 Å². The average Bonchev–Trinajstić information content (AvgIpc) is 3.32. The number of nitrogens with zero attached hydrogens (tertiary/aromatic N) is 2. The zero-order valence-electron chi connectivity index (χ0n) is 15.6. The highest BCUT2D eigenvalue weighted by atomic mass is 79.9. The first-order valence-electron chi connectivity index (χ1n) is 9.51. The van der Waals surface area contributed by atoms with Crippen molar-refractivity contribution in [1.82, 2.24) is 15.2 Å². The van der Waals surface area contributed by atoms with Crippen LogP contribution in [0.25, 0.3) is 11.3 Å². The molecule has 144 valence electrons. The van der Waals surface area contributed by atoms with Crippen molar-refractivity contribution in [3.05, 3.63) is 76.7 Å². The van der Waals surface area contributed by atoms with E-state index < -0.39 is 0 Å². The van der Waals surface area contributed by atoms with Crippen LogP contribution >= 0.6 is 28.1 Å². The molecule has 28 heavy (non-hydrogen) atoms. The number of rotatable bonds is 6. The van der Waals surface area contributed by atoms with E-state index in [2.05, 4.69) is 56.3 Å². The monoisotopic (exact) mass is 455 g/mol. The van der Waals surface area contributed by atoms with E-state index in [9.17, 15) is 0 Å². The Bertz CT molecular complexity index is 942. The molecular formula is C22H22BrN3OS. The van der Waals surface area contributed by atoms with E-state index in [0.717, 1.165) is 51.7 Å². The van der Waals surface area contributed by atoms with Gasteiger partial charge in [0.25, 0.3) is 0 Å². The third kappa shape index (κ3) is 3.84. The van der Waals surface area contributed by atoms with Gasteiger partial charge in [0, 0.05) is 22.8 Å². The molecule has 1 aliphatic rings. The molecule has 3 heterocycles. The maximum Gasteiger partial charge on any atom is 0.170 e.